The standard InChI is InChI=1S/C11H7Cl2F3S/c1-2-7(17-11(14,15)16)6-8-9(12)4-3-5-10(8)13/h1,3-5,7H,6H2/t7-/m1/s1. The van der Waals surface area contributed by atoms with Gasteiger partial charge in [0.15, 0.2) is 0 Å². The van der Waals surface area contributed by atoms with Crippen molar-refractivity contribution in [3.63, 3.8) is 0 Å². The van der Waals surface area contributed by atoms with E-state index in [0.29, 0.717) is 15.6 Å². The van der Waals surface area contributed by atoms with E-state index in [-0.39, 0.29) is 18.2 Å². The average molecular weight is 299 g/mol. The molecule has 0 aliphatic carbocycles. The third-order valence-electron chi connectivity index (χ3n) is 1.91. The Balaban J connectivity index is 2.86. The summed E-state index contributed by atoms with van der Waals surface area (Å²) in [5.74, 6) is 2.09. The van der Waals surface area contributed by atoms with Crippen molar-refractivity contribution in [1.29, 1.82) is 0 Å². The predicted octanol–water partition coefficient (Wildman–Crippen LogP) is 4.79. The van der Waals surface area contributed by atoms with Crippen molar-refractivity contribution in [2.24, 2.45) is 0 Å². The summed E-state index contributed by atoms with van der Waals surface area (Å²) in [5.41, 5.74) is -3.93. The monoisotopic (exact) mass is 298 g/mol. The van der Waals surface area contributed by atoms with Crippen LogP contribution in [0.15, 0.2) is 18.2 Å². The average Bonchev–Trinajstić information content (AvgIpc) is 2.20. The van der Waals surface area contributed by atoms with E-state index in [4.69, 9.17) is 29.6 Å². The highest BCUT2D eigenvalue weighted by molar-refractivity contribution is 8.01. The first-order valence-electron chi connectivity index (χ1n) is 4.47. The first-order valence-corrected chi connectivity index (χ1v) is 6.10. The number of rotatable bonds is 3. The van der Waals surface area contributed by atoms with Crippen LogP contribution in [0.5, 0.6) is 0 Å². The summed E-state index contributed by atoms with van der Waals surface area (Å²) in [6, 6.07) is 4.75. The van der Waals surface area contributed by atoms with Crippen molar-refractivity contribution < 1.29 is 13.2 Å². The van der Waals surface area contributed by atoms with Crippen molar-refractivity contribution in [2.45, 2.75) is 17.2 Å². The minimum absolute atomic E-state index is 0.0147. The van der Waals surface area contributed by atoms with Gasteiger partial charge in [0.1, 0.15) is 0 Å². The minimum Gasteiger partial charge on any atom is -0.160 e. The van der Waals surface area contributed by atoms with Crippen molar-refractivity contribution >= 4 is 35.0 Å². The second-order valence-corrected chi connectivity index (χ2v) is 5.21. The zero-order chi connectivity index (χ0) is 13.1. The number of thioether (sulfide) groups is 1. The summed E-state index contributed by atoms with van der Waals surface area (Å²) < 4.78 is 36.6. The van der Waals surface area contributed by atoms with Gasteiger partial charge in [0.05, 0.1) is 5.25 Å². The molecule has 0 nitrogen and oxygen atoms in total. The zero-order valence-corrected chi connectivity index (χ0v) is 10.7. The second kappa shape index (κ2) is 5.90. The Labute approximate surface area is 111 Å². The fraction of sp³-hybridized carbons (Fsp3) is 0.273. The maximum atomic E-state index is 12.2. The molecule has 0 bridgehead atoms. The molecule has 1 aromatic carbocycles. The summed E-state index contributed by atoms with van der Waals surface area (Å²) in [6.07, 6.45) is 5.06. The van der Waals surface area contributed by atoms with Crippen molar-refractivity contribution in [1.82, 2.24) is 0 Å². The SMILES string of the molecule is C#C[C@H](Cc1c(Cl)cccc1Cl)SC(F)(F)F. The van der Waals surface area contributed by atoms with E-state index in [1.807, 2.05) is 0 Å². The number of alkyl halides is 3. The summed E-state index contributed by atoms with van der Waals surface area (Å²) >= 11 is 11.5. The molecular formula is C11H7Cl2F3S. The number of halogens is 5. The third-order valence-corrected chi connectivity index (χ3v) is 3.48. The highest BCUT2D eigenvalue weighted by Gasteiger charge is 2.32. The van der Waals surface area contributed by atoms with E-state index in [2.05, 4.69) is 5.92 Å². The van der Waals surface area contributed by atoms with Gasteiger partial charge < -0.3 is 0 Å². The van der Waals surface area contributed by atoms with Gasteiger partial charge in [-0.15, -0.1) is 6.42 Å². The molecule has 0 N–H and O–H groups in total. The van der Waals surface area contributed by atoms with Gasteiger partial charge in [0.25, 0.3) is 0 Å². The molecule has 0 radical (unpaired) electrons. The Morgan fingerprint density at radius 2 is 1.82 bits per heavy atom. The zero-order valence-electron chi connectivity index (χ0n) is 8.39. The summed E-state index contributed by atoms with van der Waals surface area (Å²) in [4.78, 5) is 0. The summed E-state index contributed by atoms with van der Waals surface area (Å²) in [7, 11) is 0. The number of terminal acetylenes is 1. The molecule has 0 spiro atoms. The van der Waals surface area contributed by atoms with Crippen LogP contribution >= 0.6 is 35.0 Å². The highest BCUT2D eigenvalue weighted by atomic mass is 35.5. The van der Waals surface area contributed by atoms with Crippen molar-refractivity contribution in [2.75, 3.05) is 0 Å². The minimum atomic E-state index is -4.37. The fourth-order valence-electron chi connectivity index (χ4n) is 1.21. The molecule has 0 saturated carbocycles. The molecule has 92 valence electrons. The Hall–Kier alpha value is -0.500. The van der Waals surface area contributed by atoms with Crippen LogP contribution < -0.4 is 0 Å². The smallest absolute Gasteiger partial charge is 0.160 e. The largest absolute Gasteiger partial charge is 0.443 e. The van der Waals surface area contributed by atoms with Gasteiger partial charge in [-0.05, 0) is 35.9 Å². The molecule has 17 heavy (non-hydrogen) atoms. The third kappa shape index (κ3) is 4.71. The molecule has 1 aromatic rings. The molecule has 0 amide bonds. The topological polar surface area (TPSA) is 0 Å². The first-order chi connectivity index (χ1) is 7.83. The van der Waals surface area contributed by atoms with Gasteiger partial charge in [-0.3, -0.25) is 0 Å². The number of benzene rings is 1. The van der Waals surface area contributed by atoms with E-state index in [1.54, 1.807) is 18.2 Å². The molecular weight excluding hydrogens is 292 g/mol. The van der Waals surface area contributed by atoms with Gasteiger partial charge in [0, 0.05) is 10.0 Å². The molecule has 0 aromatic heterocycles. The Morgan fingerprint density at radius 3 is 2.24 bits per heavy atom. The van der Waals surface area contributed by atoms with Gasteiger partial charge in [0.2, 0.25) is 0 Å². The van der Waals surface area contributed by atoms with E-state index >= 15 is 0 Å². The molecule has 1 rings (SSSR count). The molecule has 0 saturated heterocycles. The Morgan fingerprint density at radius 1 is 1.29 bits per heavy atom. The summed E-state index contributed by atoms with van der Waals surface area (Å²) in [6.45, 7) is 0. The van der Waals surface area contributed by atoms with Gasteiger partial charge in [-0.25, -0.2) is 0 Å². The van der Waals surface area contributed by atoms with Crippen molar-refractivity contribution in [3.05, 3.63) is 33.8 Å². The molecule has 0 aliphatic rings. The highest BCUT2D eigenvalue weighted by Crippen LogP contribution is 2.36. The van der Waals surface area contributed by atoms with Crippen LogP contribution in [0.3, 0.4) is 0 Å². The molecule has 0 aliphatic heterocycles. The van der Waals surface area contributed by atoms with E-state index in [0.717, 1.165) is 0 Å². The lowest BCUT2D eigenvalue weighted by molar-refractivity contribution is -0.0330. The lowest BCUT2D eigenvalue weighted by Gasteiger charge is -2.14. The van der Waals surface area contributed by atoms with Crippen molar-refractivity contribution in [3.8, 4) is 12.3 Å². The van der Waals surface area contributed by atoms with E-state index < -0.39 is 10.8 Å². The second-order valence-electron chi connectivity index (χ2n) is 3.12. The Bertz CT molecular complexity index is 417. The normalized spacial score (nSPS) is 13.2. The molecule has 1 atom stereocenters. The van der Waals surface area contributed by atoms with Crippen LogP contribution in [0.4, 0.5) is 13.2 Å². The van der Waals surface area contributed by atoms with Gasteiger partial charge in [-0.2, -0.15) is 13.2 Å². The summed E-state index contributed by atoms with van der Waals surface area (Å²) in [5, 5.41) is -0.395. The van der Waals surface area contributed by atoms with Crippen LogP contribution in [0.25, 0.3) is 0 Å². The number of hydrogen-bond acceptors (Lipinski definition) is 1. The maximum absolute atomic E-state index is 12.2. The van der Waals surface area contributed by atoms with Gasteiger partial charge in [-0.1, -0.05) is 35.2 Å². The van der Waals surface area contributed by atoms with Crippen LogP contribution in [0, 0.1) is 12.3 Å². The van der Waals surface area contributed by atoms with Crippen LogP contribution in [0.1, 0.15) is 5.56 Å². The van der Waals surface area contributed by atoms with E-state index in [9.17, 15) is 13.2 Å². The lowest BCUT2D eigenvalue weighted by Crippen LogP contribution is -2.13. The van der Waals surface area contributed by atoms with Crippen LogP contribution in [-0.4, -0.2) is 10.8 Å². The van der Waals surface area contributed by atoms with Crippen LogP contribution in [-0.2, 0) is 6.42 Å². The van der Waals surface area contributed by atoms with E-state index in [1.165, 1.54) is 0 Å². The fourth-order valence-corrected chi connectivity index (χ4v) is 2.40. The molecule has 6 heteroatoms. The molecule has 0 fully saturated rings. The number of hydrogen-bond donors (Lipinski definition) is 0. The van der Waals surface area contributed by atoms with Crippen LogP contribution in [0.2, 0.25) is 10.0 Å². The molecule has 0 unspecified atom stereocenters. The Kier molecular flexibility index (Phi) is 5.05. The quantitative estimate of drug-likeness (QED) is 0.723. The predicted molar refractivity (Wildman–Crippen MR) is 66.4 cm³/mol. The van der Waals surface area contributed by atoms with Gasteiger partial charge >= 0.3 is 5.51 Å². The molecule has 0 heterocycles. The maximum Gasteiger partial charge on any atom is 0.443 e. The lowest BCUT2D eigenvalue weighted by atomic mass is 10.1. The first kappa shape index (κ1) is 14.6.